The quantitative estimate of drug-likeness (QED) is 0.528. The molecule has 0 aromatic rings. The first-order valence-electron chi connectivity index (χ1n) is 0. The van der Waals surface area contributed by atoms with E-state index in [4.69, 9.17) is 0 Å². The van der Waals surface area contributed by atoms with Crippen LogP contribution in [0.1, 0.15) is 0 Å². The van der Waals surface area contributed by atoms with Gasteiger partial charge in [-0.05, 0) is 0 Å². The molecule has 0 aromatic heterocycles. The summed E-state index contributed by atoms with van der Waals surface area (Å²) in [6, 6.07) is 0. The van der Waals surface area contributed by atoms with E-state index in [0.29, 0.717) is 0 Å². The molecule has 0 heterocycles. The predicted octanol–water partition coefficient (Wildman–Crippen LogP) is -0.737. The largest absolute Gasteiger partial charge is 4.00 e. The van der Waals surface area contributed by atoms with Gasteiger partial charge in [-0.25, -0.2) is 0 Å². The summed E-state index contributed by atoms with van der Waals surface area (Å²) in [6.07, 6.45) is 0. The summed E-state index contributed by atoms with van der Waals surface area (Å²) in [5.74, 6) is 0. The van der Waals surface area contributed by atoms with Gasteiger partial charge >= 0.3 is 57.3 Å². The number of hydrogen-bond acceptors (Lipinski definition) is 0. The maximum absolute atomic E-state index is 0. The van der Waals surface area contributed by atoms with Crippen molar-refractivity contribution in [3.8, 4) is 0 Å². The molecule has 3 nitrogen and oxygen atoms in total. The molecule has 0 radical (unpaired) electrons. The van der Waals surface area contributed by atoms with Crippen LogP contribution in [0.5, 0.6) is 0 Å². The van der Waals surface area contributed by atoms with Gasteiger partial charge in [0, 0.05) is 0 Å². The Bertz CT molecular complexity index is 6.85. The molecule has 0 fully saturated rings. The predicted molar refractivity (Wildman–Crippen MR) is 7.81 cm³/mol. The zero-order chi connectivity index (χ0) is 0. The van der Waals surface area contributed by atoms with Gasteiger partial charge in [0.25, 0.3) is 0 Å². The average molecular weight is 307 g/mol. The Morgan fingerprint density at radius 1 is 0.600 bits per heavy atom. The van der Waals surface area contributed by atoms with Crippen molar-refractivity contribution in [2.45, 2.75) is 0 Å². The van der Waals surface area contributed by atoms with Gasteiger partial charge in [0.05, 0.1) is 0 Å². The van der Waals surface area contributed by atoms with E-state index in [1.165, 1.54) is 0 Å². The number of rotatable bonds is 0. The van der Waals surface area contributed by atoms with E-state index in [9.17, 15) is 0 Å². The summed E-state index contributed by atoms with van der Waals surface area (Å²) in [7, 11) is 0. The normalized spacial score (nSPS) is 0. The molecule has 0 aliphatic heterocycles. The van der Waals surface area contributed by atoms with E-state index in [2.05, 4.69) is 0 Å². The summed E-state index contributed by atoms with van der Waals surface area (Å²) in [5, 5.41) is 0. The van der Waals surface area contributed by atoms with Crippen molar-refractivity contribution in [3.63, 3.8) is 0 Å². The van der Waals surface area contributed by atoms with Crippen molar-refractivity contribution in [1.82, 2.24) is 0 Å². The van der Waals surface area contributed by atoms with Gasteiger partial charge in [-0.3, -0.25) is 0 Å². The van der Waals surface area contributed by atoms with E-state index in [1.54, 1.807) is 0 Å². The number of hydrogen-bond donors (Lipinski definition) is 0. The molecule has 0 spiro atoms. The summed E-state index contributed by atoms with van der Waals surface area (Å²) in [6.45, 7) is 0. The second-order valence-corrected chi connectivity index (χ2v) is 0. The minimum atomic E-state index is 0. The Kier molecular flexibility index (Phi) is 627. The van der Waals surface area contributed by atoms with Crippen LogP contribution < -0.4 is 0 Å². The fourth-order valence-electron chi connectivity index (χ4n) is 0. The van der Waals surface area contributed by atoms with Gasteiger partial charge in [-0.15, -0.1) is 0 Å². The standard InChI is InChI=1S/Al.3O.Th/q+3;3*-2;+4. The average Bonchev–Trinajstić information content (AvgIpc) is 0. The third-order valence-corrected chi connectivity index (χ3v) is 0. The molecule has 0 bridgehead atoms. The van der Waals surface area contributed by atoms with Gasteiger partial charge in [-0.2, -0.15) is 0 Å². The minimum Gasteiger partial charge on any atom is -2.00 e. The molecule has 0 unspecified atom stereocenters. The Morgan fingerprint density at radius 3 is 0.600 bits per heavy atom. The van der Waals surface area contributed by atoms with E-state index >= 15 is 0 Å². The van der Waals surface area contributed by atoms with Crippen molar-refractivity contribution in [1.29, 1.82) is 0 Å². The fraction of sp³-hybridized carbons (Fsp3) is 0. The molecule has 0 amide bonds. The van der Waals surface area contributed by atoms with Gasteiger partial charge in [0.15, 0.2) is 0 Å². The van der Waals surface area contributed by atoms with Crippen molar-refractivity contribution < 1.29 is 56.4 Å². The molecule has 5 heavy (non-hydrogen) atoms. The third-order valence-electron chi connectivity index (χ3n) is 0. The molecule has 0 N–H and O–H groups in total. The van der Waals surface area contributed by atoms with Crippen LogP contribution in [-0.4, -0.2) is 17.4 Å². The maximum Gasteiger partial charge on any atom is 4.00 e. The summed E-state index contributed by atoms with van der Waals surface area (Å²) in [5.41, 5.74) is 0. The van der Waals surface area contributed by atoms with Crippen molar-refractivity contribution >= 4 is 17.4 Å². The molecular formula is AlO3Th+. The summed E-state index contributed by atoms with van der Waals surface area (Å²) < 4.78 is 0. The van der Waals surface area contributed by atoms with Crippen molar-refractivity contribution in [2.75, 3.05) is 0 Å². The van der Waals surface area contributed by atoms with Crippen molar-refractivity contribution in [2.24, 2.45) is 0 Å². The second kappa shape index (κ2) is 42.7. The monoisotopic (exact) mass is 307 g/mol. The van der Waals surface area contributed by atoms with Gasteiger partial charge in [0.1, 0.15) is 0 Å². The van der Waals surface area contributed by atoms with Crippen LogP contribution in [0.4, 0.5) is 0 Å². The SMILES string of the molecule is [Al+3].[O-2].[O-2].[O-2].[Th+4]. The van der Waals surface area contributed by atoms with E-state index in [0.717, 1.165) is 0 Å². The van der Waals surface area contributed by atoms with Crippen LogP contribution in [-0.2, 0) is 16.4 Å². The van der Waals surface area contributed by atoms with Crippen LogP contribution in [0, 0.1) is 39.9 Å². The van der Waals surface area contributed by atoms with E-state index < -0.39 is 0 Å². The molecule has 5 heteroatoms. The summed E-state index contributed by atoms with van der Waals surface area (Å²) >= 11 is 0. The van der Waals surface area contributed by atoms with E-state index in [-0.39, 0.29) is 73.7 Å². The zero-order valence-corrected chi connectivity index (χ0v) is 7.57. The Morgan fingerprint density at radius 2 is 0.600 bits per heavy atom. The molecular weight excluding hydrogens is 307 g/mol. The van der Waals surface area contributed by atoms with Crippen LogP contribution >= 0.6 is 0 Å². The van der Waals surface area contributed by atoms with Crippen LogP contribution in [0.15, 0.2) is 0 Å². The molecule has 0 aromatic carbocycles. The topological polar surface area (TPSA) is 85.5 Å². The van der Waals surface area contributed by atoms with Crippen LogP contribution in [0.3, 0.4) is 0 Å². The minimum absolute atomic E-state index is 0. The van der Waals surface area contributed by atoms with Gasteiger partial charge in [-0.1, -0.05) is 0 Å². The molecule has 0 rings (SSSR count). The third kappa shape index (κ3) is 26.6. The van der Waals surface area contributed by atoms with E-state index in [1.807, 2.05) is 0 Å². The molecule has 0 aliphatic carbocycles. The van der Waals surface area contributed by atoms with Crippen molar-refractivity contribution in [3.05, 3.63) is 0 Å². The molecule has 0 aliphatic rings. The molecule has 0 saturated heterocycles. The Balaban J connectivity index is 0. The van der Waals surface area contributed by atoms with Crippen LogP contribution in [0.25, 0.3) is 0 Å². The first-order valence-corrected chi connectivity index (χ1v) is 0. The van der Waals surface area contributed by atoms with Gasteiger partial charge < -0.3 is 16.4 Å². The first kappa shape index (κ1) is 73.5. The Labute approximate surface area is 72.9 Å². The van der Waals surface area contributed by atoms with Gasteiger partial charge in [0.2, 0.25) is 0 Å². The Hall–Kier alpha value is 1.74. The zero-order valence-electron chi connectivity index (χ0n) is 2.30. The summed E-state index contributed by atoms with van der Waals surface area (Å²) in [4.78, 5) is 0. The molecule has 24 valence electrons. The molecule has 0 atom stereocenters. The smallest absolute Gasteiger partial charge is 2.00 e. The molecule has 0 saturated carbocycles. The maximum atomic E-state index is 0. The van der Waals surface area contributed by atoms with Crippen LogP contribution in [0.2, 0.25) is 0 Å². The first-order chi connectivity index (χ1) is 0. The fourth-order valence-corrected chi connectivity index (χ4v) is 0. The second-order valence-electron chi connectivity index (χ2n) is 0.